The van der Waals surface area contributed by atoms with Gasteiger partial charge >= 0.3 is 0 Å². The van der Waals surface area contributed by atoms with Crippen LogP contribution in [0.4, 0.5) is 4.39 Å². The van der Waals surface area contributed by atoms with Crippen LogP contribution in [0.1, 0.15) is 30.0 Å². The normalized spacial score (nSPS) is 16.2. The first-order valence-electron chi connectivity index (χ1n) is 8.59. The second kappa shape index (κ2) is 8.27. The summed E-state index contributed by atoms with van der Waals surface area (Å²) in [6, 6.07) is 15.4. The Morgan fingerprint density at radius 3 is 2.67 bits per heavy atom. The molecule has 0 radical (unpaired) electrons. The number of methoxy groups -OCH3 is 1. The van der Waals surface area contributed by atoms with Crippen molar-refractivity contribution in [3.05, 3.63) is 65.5 Å². The van der Waals surface area contributed by atoms with E-state index in [0.717, 1.165) is 30.9 Å². The Labute approximate surface area is 143 Å². The fourth-order valence-corrected chi connectivity index (χ4v) is 3.36. The van der Waals surface area contributed by atoms with Gasteiger partial charge in [-0.3, -0.25) is 4.90 Å². The molecule has 0 aliphatic carbocycles. The van der Waals surface area contributed by atoms with Crippen LogP contribution in [0.2, 0.25) is 0 Å². The first-order valence-corrected chi connectivity index (χ1v) is 8.59. The van der Waals surface area contributed by atoms with Gasteiger partial charge in [-0.05, 0) is 61.3 Å². The molecule has 2 aromatic rings. The molecule has 0 aromatic heterocycles. The van der Waals surface area contributed by atoms with Crippen molar-refractivity contribution in [2.45, 2.75) is 25.4 Å². The van der Waals surface area contributed by atoms with Crippen molar-refractivity contribution in [1.82, 2.24) is 10.2 Å². The van der Waals surface area contributed by atoms with E-state index in [9.17, 15) is 4.39 Å². The van der Waals surface area contributed by atoms with Gasteiger partial charge in [0.05, 0.1) is 7.11 Å². The highest BCUT2D eigenvalue weighted by Crippen LogP contribution is 2.27. The summed E-state index contributed by atoms with van der Waals surface area (Å²) < 4.78 is 18.7. The molecule has 1 aliphatic rings. The van der Waals surface area contributed by atoms with Crippen molar-refractivity contribution in [1.29, 1.82) is 0 Å². The van der Waals surface area contributed by atoms with Crippen LogP contribution in [0.25, 0.3) is 0 Å². The quantitative estimate of drug-likeness (QED) is 0.837. The number of benzene rings is 2. The second-order valence-electron chi connectivity index (χ2n) is 6.30. The molecular formula is C20H25FN2O. The van der Waals surface area contributed by atoms with Crippen LogP contribution in [-0.4, -0.2) is 31.6 Å². The largest absolute Gasteiger partial charge is 0.497 e. The molecule has 1 fully saturated rings. The fraction of sp³-hybridized carbons (Fsp3) is 0.400. The van der Waals surface area contributed by atoms with Crippen molar-refractivity contribution in [3.63, 3.8) is 0 Å². The number of halogens is 1. The molecule has 4 heteroatoms. The number of ether oxygens (including phenoxy) is 1. The Balaban J connectivity index is 1.68. The summed E-state index contributed by atoms with van der Waals surface area (Å²) in [5, 5.41) is 3.49. The van der Waals surface area contributed by atoms with Crippen LogP contribution >= 0.6 is 0 Å². The van der Waals surface area contributed by atoms with E-state index in [2.05, 4.69) is 22.3 Å². The molecule has 0 bridgehead atoms. The first kappa shape index (κ1) is 16.9. The molecule has 3 rings (SSSR count). The Morgan fingerprint density at radius 1 is 1.12 bits per heavy atom. The lowest BCUT2D eigenvalue weighted by Crippen LogP contribution is -2.34. The van der Waals surface area contributed by atoms with Gasteiger partial charge in [0.15, 0.2) is 0 Å². The molecule has 128 valence electrons. The number of rotatable bonds is 7. The molecule has 1 atom stereocenters. The van der Waals surface area contributed by atoms with E-state index in [0.29, 0.717) is 12.6 Å². The monoisotopic (exact) mass is 328 g/mol. The third-order valence-corrected chi connectivity index (χ3v) is 4.62. The van der Waals surface area contributed by atoms with Crippen LogP contribution in [0, 0.1) is 5.82 Å². The summed E-state index contributed by atoms with van der Waals surface area (Å²) in [6.07, 6.45) is 2.51. The Bertz CT molecular complexity index is 656. The maximum Gasteiger partial charge on any atom is 0.123 e. The maximum absolute atomic E-state index is 13.3. The fourth-order valence-electron chi connectivity index (χ4n) is 3.36. The average Bonchev–Trinajstić information content (AvgIpc) is 3.13. The van der Waals surface area contributed by atoms with E-state index in [4.69, 9.17) is 4.74 Å². The van der Waals surface area contributed by atoms with Crippen LogP contribution in [0.3, 0.4) is 0 Å². The summed E-state index contributed by atoms with van der Waals surface area (Å²) in [6.45, 7) is 3.77. The van der Waals surface area contributed by atoms with Gasteiger partial charge in [0.1, 0.15) is 11.6 Å². The molecule has 3 nitrogen and oxygen atoms in total. The molecule has 1 saturated heterocycles. The Kier molecular flexibility index (Phi) is 5.83. The van der Waals surface area contributed by atoms with E-state index < -0.39 is 0 Å². The van der Waals surface area contributed by atoms with Crippen LogP contribution in [0.5, 0.6) is 5.75 Å². The number of nitrogens with one attached hydrogen (secondary N) is 1. The zero-order valence-corrected chi connectivity index (χ0v) is 14.2. The van der Waals surface area contributed by atoms with Gasteiger partial charge in [0, 0.05) is 19.1 Å². The number of hydrogen-bond donors (Lipinski definition) is 1. The van der Waals surface area contributed by atoms with Crippen LogP contribution in [-0.2, 0) is 6.54 Å². The topological polar surface area (TPSA) is 24.5 Å². The van der Waals surface area contributed by atoms with E-state index in [1.807, 2.05) is 18.2 Å². The van der Waals surface area contributed by atoms with Crippen molar-refractivity contribution in [3.8, 4) is 5.75 Å². The van der Waals surface area contributed by atoms with Gasteiger partial charge in [-0.25, -0.2) is 4.39 Å². The maximum atomic E-state index is 13.3. The standard InChI is InChI=1S/C20H25FN2O/c1-24-19-9-5-7-17(13-19)20(23-10-2-3-11-23)15-22-14-16-6-4-8-18(21)12-16/h4-9,12-13,20,22H,2-3,10-11,14-15H2,1H3/t20-/m0/s1. The van der Waals surface area contributed by atoms with Crippen molar-refractivity contribution in [2.75, 3.05) is 26.7 Å². The van der Waals surface area contributed by atoms with Crippen molar-refractivity contribution in [2.24, 2.45) is 0 Å². The minimum atomic E-state index is -0.182. The summed E-state index contributed by atoms with van der Waals surface area (Å²) in [5.74, 6) is 0.708. The lowest BCUT2D eigenvalue weighted by Gasteiger charge is -2.28. The van der Waals surface area contributed by atoms with E-state index in [1.165, 1.54) is 24.5 Å². The minimum Gasteiger partial charge on any atom is -0.497 e. The lowest BCUT2D eigenvalue weighted by molar-refractivity contribution is 0.238. The smallest absolute Gasteiger partial charge is 0.123 e. The van der Waals surface area contributed by atoms with Gasteiger partial charge in [-0.15, -0.1) is 0 Å². The Morgan fingerprint density at radius 2 is 1.92 bits per heavy atom. The zero-order chi connectivity index (χ0) is 16.8. The summed E-state index contributed by atoms with van der Waals surface area (Å²) in [5.41, 5.74) is 2.24. The molecule has 1 heterocycles. The van der Waals surface area contributed by atoms with E-state index in [-0.39, 0.29) is 5.82 Å². The average molecular weight is 328 g/mol. The van der Waals surface area contributed by atoms with Crippen LogP contribution in [0.15, 0.2) is 48.5 Å². The van der Waals surface area contributed by atoms with Crippen molar-refractivity contribution >= 4 is 0 Å². The zero-order valence-electron chi connectivity index (χ0n) is 14.2. The van der Waals surface area contributed by atoms with Crippen molar-refractivity contribution < 1.29 is 9.13 Å². The minimum absolute atomic E-state index is 0.182. The summed E-state index contributed by atoms with van der Waals surface area (Å²) >= 11 is 0. The lowest BCUT2D eigenvalue weighted by atomic mass is 10.0. The molecule has 0 spiro atoms. The highest BCUT2D eigenvalue weighted by molar-refractivity contribution is 5.31. The highest BCUT2D eigenvalue weighted by Gasteiger charge is 2.23. The third kappa shape index (κ3) is 4.34. The first-order chi connectivity index (χ1) is 11.8. The summed E-state index contributed by atoms with van der Waals surface area (Å²) in [4.78, 5) is 2.52. The molecule has 0 unspecified atom stereocenters. The number of nitrogens with zero attached hydrogens (tertiary/aromatic N) is 1. The van der Waals surface area contributed by atoms with Gasteiger partial charge in [0.25, 0.3) is 0 Å². The van der Waals surface area contributed by atoms with Gasteiger partial charge < -0.3 is 10.1 Å². The van der Waals surface area contributed by atoms with Gasteiger partial charge in [-0.1, -0.05) is 24.3 Å². The predicted molar refractivity (Wildman–Crippen MR) is 94.6 cm³/mol. The Hall–Kier alpha value is -1.91. The molecule has 0 saturated carbocycles. The third-order valence-electron chi connectivity index (χ3n) is 4.62. The molecule has 1 aliphatic heterocycles. The van der Waals surface area contributed by atoms with Gasteiger partial charge in [0.2, 0.25) is 0 Å². The van der Waals surface area contributed by atoms with Gasteiger partial charge in [-0.2, -0.15) is 0 Å². The predicted octanol–water partition coefficient (Wildman–Crippen LogP) is 3.76. The SMILES string of the molecule is COc1cccc([C@H](CNCc2cccc(F)c2)N2CCCC2)c1. The van der Waals surface area contributed by atoms with E-state index in [1.54, 1.807) is 19.2 Å². The molecule has 1 N–H and O–H groups in total. The molecular weight excluding hydrogens is 303 g/mol. The summed E-state index contributed by atoms with van der Waals surface area (Å²) in [7, 11) is 1.70. The molecule has 24 heavy (non-hydrogen) atoms. The second-order valence-corrected chi connectivity index (χ2v) is 6.30. The van der Waals surface area contributed by atoms with E-state index >= 15 is 0 Å². The number of likely N-dealkylation sites (tertiary alicyclic amines) is 1. The van der Waals surface area contributed by atoms with Crippen LogP contribution < -0.4 is 10.1 Å². The highest BCUT2D eigenvalue weighted by atomic mass is 19.1. The molecule has 0 amide bonds. The number of hydrogen-bond acceptors (Lipinski definition) is 3. The molecule has 2 aromatic carbocycles.